The average Bonchev–Trinajstić information content (AvgIpc) is 3.00. The van der Waals surface area contributed by atoms with Crippen molar-refractivity contribution in [2.75, 3.05) is 5.01 Å². The van der Waals surface area contributed by atoms with Crippen molar-refractivity contribution in [2.45, 2.75) is 13.1 Å². The van der Waals surface area contributed by atoms with Gasteiger partial charge >= 0.3 is 6.18 Å². The van der Waals surface area contributed by atoms with Gasteiger partial charge in [-0.2, -0.15) is 18.3 Å². The van der Waals surface area contributed by atoms with E-state index >= 15 is 0 Å². The predicted molar refractivity (Wildman–Crippen MR) is 89.5 cm³/mol. The van der Waals surface area contributed by atoms with Gasteiger partial charge in [0.05, 0.1) is 17.4 Å². The number of allylic oxidation sites excluding steroid dienone is 2. The number of hydrogen-bond acceptors (Lipinski definition) is 5. The first-order valence-corrected chi connectivity index (χ1v) is 7.13. The number of halogens is 4. The summed E-state index contributed by atoms with van der Waals surface area (Å²) in [4.78, 5) is -0.180. The van der Waals surface area contributed by atoms with Gasteiger partial charge in [0, 0.05) is 12.3 Å². The van der Waals surface area contributed by atoms with Gasteiger partial charge in [0.2, 0.25) is 0 Å². The van der Waals surface area contributed by atoms with Crippen LogP contribution in [0.2, 0.25) is 0 Å². The Bertz CT molecular complexity index is 844. The van der Waals surface area contributed by atoms with Crippen molar-refractivity contribution in [3.8, 4) is 0 Å². The van der Waals surface area contributed by atoms with Crippen molar-refractivity contribution < 1.29 is 22.1 Å². The van der Waals surface area contributed by atoms with Crippen molar-refractivity contribution in [3.05, 3.63) is 53.3 Å². The summed E-state index contributed by atoms with van der Waals surface area (Å²) in [6, 6.07) is 4.49. The smallest absolute Gasteiger partial charge is 0.389 e. The van der Waals surface area contributed by atoms with Crippen LogP contribution in [0.3, 0.4) is 0 Å². The molecule has 0 radical (unpaired) electrons. The van der Waals surface area contributed by atoms with E-state index in [4.69, 9.17) is 22.5 Å². The molecule has 25 heavy (non-hydrogen) atoms. The molecule has 0 aliphatic heterocycles. The third-order valence-electron chi connectivity index (χ3n) is 3.21. The maximum absolute atomic E-state index is 13.7. The van der Waals surface area contributed by atoms with E-state index in [-0.39, 0.29) is 27.6 Å². The molecule has 0 spiro atoms. The molecule has 0 aliphatic rings. The van der Waals surface area contributed by atoms with Gasteiger partial charge in [-0.3, -0.25) is 0 Å². The first kappa shape index (κ1) is 18.6. The molecule has 132 valence electrons. The molecule has 2 N–H and O–H groups in total. The highest BCUT2D eigenvalue weighted by Crippen LogP contribution is 2.38. The number of aromatic nitrogens is 1. The van der Waals surface area contributed by atoms with Gasteiger partial charge in [-0.1, -0.05) is 23.4 Å². The Morgan fingerprint density at radius 2 is 2.08 bits per heavy atom. The number of thiocarbonyl (C=S) groups is 1. The van der Waals surface area contributed by atoms with Gasteiger partial charge in [0.25, 0.3) is 0 Å². The Labute approximate surface area is 145 Å². The number of benzene rings is 1. The summed E-state index contributed by atoms with van der Waals surface area (Å²) in [5, 5.41) is 7.28. The molecule has 1 heterocycles. The van der Waals surface area contributed by atoms with Crippen LogP contribution in [0.4, 0.5) is 23.2 Å². The molecule has 1 aromatic carbocycles. The van der Waals surface area contributed by atoms with Crippen LogP contribution >= 0.6 is 12.2 Å². The van der Waals surface area contributed by atoms with Crippen LogP contribution in [-0.2, 0) is 0 Å². The maximum Gasteiger partial charge on any atom is 0.433 e. The minimum absolute atomic E-state index is 0.0394. The first-order valence-electron chi connectivity index (χ1n) is 6.72. The van der Waals surface area contributed by atoms with Crippen LogP contribution in [0.5, 0.6) is 0 Å². The zero-order valence-electron chi connectivity index (χ0n) is 12.8. The van der Waals surface area contributed by atoms with Gasteiger partial charge in [-0.15, -0.1) is 0 Å². The Balaban J connectivity index is 2.72. The molecule has 0 atom stereocenters. The lowest BCUT2D eigenvalue weighted by molar-refractivity contribution is -0.0928. The van der Waals surface area contributed by atoms with E-state index < -0.39 is 17.7 Å². The van der Waals surface area contributed by atoms with Crippen LogP contribution in [0.1, 0.15) is 18.2 Å². The zero-order chi connectivity index (χ0) is 18.8. The Morgan fingerprint density at radius 1 is 1.40 bits per heavy atom. The minimum atomic E-state index is -4.86. The van der Waals surface area contributed by atoms with Crippen molar-refractivity contribution in [3.63, 3.8) is 0 Å². The van der Waals surface area contributed by atoms with Crippen molar-refractivity contribution >= 4 is 35.2 Å². The van der Waals surface area contributed by atoms with E-state index in [2.05, 4.69) is 17.0 Å². The molecular weight excluding hydrogens is 360 g/mol. The number of hydrazone groups is 1. The van der Waals surface area contributed by atoms with Crippen LogP contribution < -0.4 is 10.7 Å². The largest absolute Gasteiger partial charge is 0.433 e. The Morgan fingerprint density at radius 3 is 2.60 bits per heavy atom. The number of anilines is 1. The monoisotopic (exact) mass is 372 g/mol. The predicted octanol–water partition coefficient (Wildman–Crippen LogP) is 3.86. The quantitative estimate of drug-likeness (QED) is 0.374. The maximum atomic E-state index is 13.7. The topological polar surface area (TPSA) is 67.7 Å². The van der Waals surface area contributed by atoms with E-state index in [9.17, 15) is 17.6 Å². The SMILES string of the molecule is C=NN(/C(=C(\C)c1oncc1C(N)=S)C(F)(F)F)c1cccc(F)c1. The molecule has 2 rings (SSSR count). The van der Waals surface area contributed by atoms with Gasteiger partial charge in [0.15, 0.2) is 11.5 Å². The van der Waals surface area contributed by atoms with E-state index in [1.165, 1.54) is 12.1 Å². The molecule has 0 amide bonds. The third kappa shape index (κ3) is 3.85. The zero-order valence-corrected chi connectivity index (χ0v) is 13.7. The summed E-state index contributed by atoms with van der Waals surface area (Å²) in [5.41, 5.74) is 3.73. The third-order valence-corrected chi connectivity index (χ3v) is 3.43. The highest BCUT2D eigenvalue weighted by molar-refractivity contribution is 7.80. The number of alkyl halides is 3. The number of rotatable bonds is 5. The lowest BCUT2D eigenvalue weighted by Gasteiger charge is -2.25. The first-order chi connectivity index (χ1) is 11.7. The van der Waals surface area contributed by atoms with E-state index in [0.29, 0.717) is 5.01 Å². The molecule has 0 unspecified atom stereocenters. The second kappa shape index (κ2) is 7.01. The van der Waals surface area contributed by atoms with E-state index in [1.54, 1.807) is 0 Å². The lowest BCUT2D eigenvalue weighted by atomic mass is 10.1. The van der Waals surface area contributed by atoms with Crippen molar-refractivity contribution in [1.82, 2.24) is 5.16 Å². The highest BCUT2D eigenvalue weighted by atomic mass is 32.1. The normalized spacial score (nSPS) is 12.5. The molecule has 5 nitrogen and oxygen atoms in total. The van der Waals surface area contributed by atoms with Crippen LogP contribution in [0.25, 0.3) is 5.57 Å². The lowest BCUT2D eigenvalue weighted by Crippen LogP contribution is -2.29. The fourth-order valence-corrected chi connectivity index (χ4v) is 2.32. The average molecular weight is 372 g/mol. The summed E-state index contributed by atoms with van der Waals surface area (Å²) < 4.78 is 59.4. The molecule has 0 saturated heterocycles. The Hall–Kier alpha value is -2.75. The number of nitrogens with two attached hydrogens (primary N) is 1. The van der Waals surface area contributed by atoms with Crippen molar-refractivity contribution in [1.29, 1.82) is 0 Å². The van der Waals surface area contributed by atoms with Gasteiger partial charge in [-0.25, -0.2) is 9.40 Å². The van der Waals surface area contributed by atoms with E-state index in [1.807, 2.05) is 0 Å². The van der Waals surface area contributed by atoms with Crippen LogP contribution in [0, 0.1) is 5.82 Å². The second-order valence-corrected chi connectivity index (χ2v) is 5.28. The number of nitrogens with zero attached hydrogens (tertiary/aromatic N) is 3. The number of hydrogen-bond donors (Lipinski definition) is 1. The summed E-state index contributed by atoms with van der Waals surface area (Å²) in [6.45, 7) is 4.29. The fourth-order valence-electron chi connectivity index (χ4n) is 2.17. The molecule has 0 aliphatic carbocycles. The Kier molecular flexibility index (Phi) is 5.21. The van der Waals surface area contributed by atoms with Crippen molar-refractivity contribution in [2.24, 2.45) is 10.8 Å². The molecule has 2 aromatic rings. The van der Waals surface area contributed by atoms with E-state index in [0.717, 1.165) is 25.3 Å². The molecule has 0 fully saturated rings. The summed E-state index contributed by atoms with van der Waals surface area (Å²) >= 11 is 4.78. The second-order valence-electron chi connectivity index (χ2n) is 4.84. The molecule has 10 heteroatoms. The summed E-state index contributed by atoms with van der Waals surface area (Å²) in [7, 11) is 0. The highest BCUT2D eigenvalue weighted by Gasteiger charge is 2.41. The fraction of sp³-hybridized carbons (Fsp3) is 0.133. The molecular formula is C15H12F4N4OS. The summed E-state index contributed by atoms with van der Waals surface area (Å²) in [5.74, 6) is -0.987. The van der Waals surface area contributed by atoms with Gasteiger partial charge in [-0.05, 0) is 25.1 Å². The van der Waals surface area contributed by atoms with Crippen LogP contribution in [-0.4, -0.2) is 23.0 Å². The molecule has 0 saturated carbocycles. The standard InChI is InChI=1S/C15H12F4N4OS/c1-8(12-11(14(20)25)7-22-24-12)13(15(17,18)19)23(21-2)10-5-3-4-9(16)6-10/h3-7H,2H2,1H3,(H2,20,25)/b13-8+. The molecule has 0 bridgehead atoms. The molecule has 1 aromatic heterocycles. The van der Waals surface area contributed by atoms with Gasteiger partial charge < -0.3 is 10.3 Å². The van der Waals surface area contributed by atoms with Crippen LogP contribution in [0.15, 0.2) is 45.8 Å². The minimum Gasteiger partial charge on any atom is -0.389 e. The van der Waals surface area contributed by atoms with Gasteiger partial charge in [0.1, 0.15) is 10.8 Å². The summed E-state index contributed by atoms with van der Waals surface area (Å²) in [6.07, 6.45) is -3.75.